The van der Waals surface area contributed by atoms with E-state index < -0.39 is 0 Å². The Morgan fingerprint density at radius 2 is 1.88 bits per heavy atom. The van der Waals surface area contributed by atoms with E-state index in [1.807, 2.05) is 47.4 Å². The standard InChI is InChI=1S/C20H24N2O3/c1-24-13-14-25-19-10-6-5-9-18(19)21-20(23)22-12-11-17(15-22)16-7-3-2-4-8-16/h2-10,17H,11-15H2,1H3,(H,21,23)/t17-/m0/s1. The highest BCUT2D eigenvalue weighted by Gasteiger charge is 2.27. The third-order valence-corrected chi connectivity index (χ3v) is 4.42. The molecule has 0 unspecified atom stereocenters. The van der Waals surface area contributed by atoms with Crippen LogP contribution in [0.5, 0.6) is 5.75 Å². The SMILES string of the molecule is COCCOc1ccccc1NC(=O)N1CC[C@H](c2ccccc2)C1. The number of carbonyl (C=O) groups is 1. The third kappa shape index (κ3) is 4.51. The van der Waals surface area contributed by atoms with Gasteiger partial charge in [-0.1, -0.05) is 42.5 Å². The normalized spacial score (nSPS) is 16.7. The van der Waals surface area contributed by atoms with E-state index in [0.29, 0.717) is 30.6 Å². The molecule has 1 aliphatic rings. The molecule has 1 fully saturated rings. The monoisotopic (exact) mass is 340 g/mol. The molecule has 0 spiro atoms. The summed E-state index contributed by atoms with van der Waals surface area (Å²) in [5.74, 6) is 1.06. The highest BCUT2D eigenvalue weighted by atomic mass is 16.5. The van der Waals surface area contributed by atoms with Crippen LogP contribution in [0.4, 0.5) is 10.5 Å². The first-order chi connectivity index (χ1) is 12.3. The lowest BCUT2D eigenvalue weighted by molar-refractivity contribution is 0.146. The van der Waals surface area contributed by atoms with E-state index in [0.717, 1.165) is 19.5 Å². The van der Waals surface area contributed by atoms with Gasteiger partial charge in [0.05, 0.1) is 12.3 Å². The molecule has 0 aliphatic carbocycles. The van der Waals surface area contributed by atoms with Crippen molar-refractivity contribution in [3.63, 3.8) is 0 Å². The summed E-state index contributed by atoms with van der Waals surface area (Å²) in [6.07, 6.45) is 0.990. The van der Waals surface area contributed by atoms with Crippen LogP contribution >= 0.6 is 0 Å². The molecule has 5 heteroatoms. The Hall–Kier alpha value is -2.53. The number of urea groups is 1. The summed E-state index contributed by atoms with van der Waals surface area (Å²) in [4.78, 5) is 14.5. The van der Waals surface area contributed by atoms with Crippen molar-refractivity contribution in [2.45, 2.75) is 12.3 Å². The maximum Gasteiger partial charge on any atom is 0.321 e. The highest BCUT2D eigenvalue weighted by Crippen LogP contribution is 2.29. The number of para-hydroxylation sites is 2. The van der Waals surface area contributed by atoms with Crippen molar-refractivity contribution in [3.8, 4) is 5.75 Å². The first-order valence-electron chi connectivity index (χ1n) is 8.59. The van der Waals surface area contributed by atoms with Crippen molar-refractivity contribution in [1.82, 2.24) is 4.90 Å². The second kappa shape index (κ2) is 8.53. The number of hydrogen-bond acceptors (Lipinski definition) is 3. The molecule has 5 nitrogen and oxygen atoms in total. The number of hydrogen-bond donors (Lipinski definition) is 1. The second-order valence-electron chi connectivity index (χ2n) is 6.11. The van der Waals surface area contributed by atoms with Gasteiger partial charge in [0.15, 0.2) is 0 Å². The van der Waals surface area contributed by atoms with Gasteiger partial charge in [-0.25, -0.2) is 4.79 Å². The van der Waals surface area contributed by atoms with Crippen LogP contribution in [0.2, 0.25) is 0 Å². The largest absolute Gasteiger partial charge is 0.489 e. The van der Waals surface area contributed by atoms with E-state index in [4.69, 9.17) is 9.47 Å². The minimum absolute atomic E-state index is 0.0822. The number of rotatable bonds is 6. The summed E-state index contributed by atoms with van der Waals surface area (Å²) in [6.45, 7) is 2.46. The van der Waals surface area contributed by atoms with Gasteiger partial charge in [0.25, 0.3) is 0 Å². The zero-order valence-electron chi connectivity index (χ0n) is 14.5. The Bertz CT molecular complexity index is 690. The molecule has 1 saturated heterocycles. The van der Waals surface area contributed by atoms with Crippen molar-refractivity contribution < 1.29 is 14.3 Å². The Labute approximate surface area is 148 Å². The quantitative estimate of drug-likeness (QED) is 0.815. The molecule has 0 bridgehead atoms. The molecule has 2 aromatic rings. The zero-order chi connectivity index (χ0) is 17.5. The molecule has 1 atom stereocenters. The molecular formula is C20H24N2O3. The fourth-order valence-electron chi connectivity index (χ4n) is 3.07. The van der Waals surface area contributed by atoms with Crippen molar-refractivity contribution in [1.29, 1.82) is 0 Å². The molecule has 1 N–H and O–H groups in total. The Morgan fingerprint density at radius 1 is 1.12 bits per heavy atom. The predicted molar refractivity (Wildman–Crippen MR) is 98.2 cm³/mol. The summed E-state index contributed by atoms with van der Waals surface area (Å²) in [7, 11) is 1.63. The van der Waals surface area contributed by atoms with Crippen LogP contribution in [0.25, 0.3) is 0 Å². The van der Waals surface area contributed by atoms with Gasteiger partial charge in [-0.15, -0.1) is 0 Å². The van der Waals surface area contributed by atoms with Crippen LogP contribution in [0.15, 0.2) is 54.6 Å². The van der Waals surface area contributed by atoms with Crippen LogP contribution in [0, 0.1) is 0 Å². The zero-order valence-corrected chi connectivity index (χ0v) is 14.5. The Morgan fingerprint density at radius 3 is 2.68 bits per heavy atom. The molecule has 3 rings (SSSR count). The molecule has 2 aromatic carbocycles. The van der Waals surface area contributed by atoms with E-state index in [-0.39, 0.29) is 6.03 Å². The number of methoxy groups -OCH3 is 1. The number of nitrogens with one attached hydrogen (secondary N) is 1. The average Bonchev–Trinajstić information content (AvgIpc) is 3.14. The highest BCUT2D eigenvalue weighted by molar-refractivity contribution is 5.91. The van der Waals surface area contributed by atoms with Crippen LogP contribution in [-0.4, -0.2) is 44.3 Å². The summed E-state index contributed by atoms with van der Waals surface area (Å²) < 4.78 is 10.7. The van der Waals surface area contributed by atoms with Gasteiger partial charge in [-0.05, 0) is 24.1 Å². The number of ether oxygens (including phenoxy) is 2. The van der Waals surface area contributed by atoms with Crippen molar-refractivity contribution >= 4 is 11.7 Å². The molecule has 2 amide bonds. The van der Waals surface area contributed by atoms with Gasteiger partial charge < -0.3 is 19.7 Å². The van der Waals surface area contributed by atoms with Crippen LogP contribution in [0.3, 0.4) is 0 Å². The Balaban J connectivity index is 1.60. The van der Waals surface area contributed by atoms with Gasteiger partial charge in [-0.2, -0.15) is 0 Å². The van der Waals surface area contributed by atoms with E-state index in [1.165, 1.54) is 5.56 Å². The van der Waals surface area contributed by atoms with Crippen LogP contribution in [-0.2, 0) is 4.74 Å². The van der Waals surface area contributed by atoms with Gasteiger partial charge in [0.1, 0.15) is 12.4 Å². The van der Waals surface area contributed by atoms with Crippen LogP contribution < -0.4 is 10.1 Å². The number of anilines is 1. The number of benzene rings is 2. The first kappa shape index (κ1) is 17.3. The Kier molecular flexibility index (Phi) is 5.90. The second-order valence-corrected chi connectivity index (χ2v) is 6.11. The summed E-state index contributed by atoms with van der Waals surface area (Å²) in [5.41, 5.74) is 1.98. The van der Waals surface area contributed by atoms with Gasteiger partial charge in [0, 0.05) is 26.1 Å². The first-order valence-corrected chi connectivity index (χ1v) is 8.59. The molecule has 1 aliphatic heterocycles. The molecule has 0 saturated carbocycles. The van der Waals surface area contributed by atoms with E-state index >= 15 is 0 Å². The minimum Gasteiger partial charge on any atom is -0.489 e. The number of carbonyl (C=O) groups excluding carboxylic acids is 1. The van der Waals surface area contributed by atoms with Gasteiger partial charge in [-0.3, -0.25) is 0 Å². The van der Waals surface area contributed by atoms with E-state index in [9.17, 15) is 4.79 Å². The van der Waals surface area contributed by atoms with Crippen molar-refractivity contribution in [2.75, 3.05) is 38.7 Å². The molecule has 132 valence electrons. The predicted octanol–water partition coefficient (Wildman–Crippen LogP) is 3.73. The molecule has 0 radical (unpaired) electrons. The maximum absolute atomic E-state index is 12.6. The number of amides is 2. The topological polar surface area (TPSA) is 50.8 Å². The fraction of sp³-hybridized carbons (Fsp3) is 0.350. The number of likely N-dealkylation sites (tertiary alicyclic amines) is 1. The smallest absolute Gasteiger partial charge is 0.321 e. The lowest BCUT2D eigenvalue weighted by Gasteiger charge is -2.19. The summed E-state index contributed by atoms with van der Waals surface area (Å²) >= 11 is 0. The van der Waals surface area contributed by atoms with Crippen molar-refractivity contribution in [3.05, 3.63) is 60.2 Å². The lowest BCUT2D eigenvalue weighted by atomic mass is 9.99. The van der Waals surface area contributed by atoms with Gasteiger partial charge >= 0.3 is 6.03 Å². The summed E-state index contributed by atoms with van der Waals surface area (Å²) in [5, 5.41) is 2.97. The maximum atomic E-state index is 12.6. The van der Waals surface area contributed by atoms with E-state index in [1.54, 1.807) is 7.11 Å². The minimum atomic E-state index is -0.0822. The fourth-order valence-corrected chi connectivity index (χ4v) is 3.07. The lowest BCUT2D eigenvalue weighted by Crippen LogP contribution is -2.33. The average molecular weight is 340 g/mol. The molecule has 25 heavy (non-hydrogen) atoms. The van der Waals surface area contributed by atoms with Crippen LogP contribution in [0.1, 0.15) is 17.9 Å². The molecular weight excluding hydrogens is 316 g/mol. The summed E-state index contributed by atoms with van der Waals surface area (Å²) in [6, 6.07) is 17.8. The third-order valence-electron chi connectivity index (χ3n) is 4.42. The number of nitrogens with zero attached hydrogens (tertiary/aromatic N) is 1. The van der Waals surface area contributed by atoms with Crippen molar-refractivity contribution in [2.24, 2.45) is 0 Å². The van der Waals surface area contributed by atoms with Gasteiger partial charge in [0.2, 0.25) is 0 Å². The molecule has 1 heterocycles. The van der Waals surface area contributed by atoms with E-state index in [2.05, 4.69) is 17.4 Å². The molecule has 0 aromatic heterocycles.